The van der Waals surface area contributed by atoms with Crippen LogP contribution in [0.5, 0.6) is 0 Å². The van der Waals surface area contributed by atoms with Gasteiger partial charge in [-0.25, -0.2) is 0 Å². The number of carbonyl (C=O) groups is 1. The Balaban J connectivity index is 2.08. The van der Waals surface area contributed by atoms with Crippen LogP contribution in [0.3, 0.4) is 0 Å². The van der Waals surface area contributed by atoms with Crippen LogP contribution in [0.4, 0.5) is 0 Å². The van der Waals surface area contributed by atoms with Gasteiger partial charge in [0.15, 0.2) is 0 Å². The molecule has 1 aliphatic carbocycles. The first-order valence-corrected chi connectivity index (χ1v) is 6.60. The third-order valence-electron chi connectivity index (χ3n) is 3.17. The maximum atomic E-state index is 11.4. The van der Waals surface area contributed by atoms with Gasteiger partial charge in [-0.15, -0.1) is 0 Å². The van der Waals surface area contributed by atoms with Crippen LogP contribution in [-0.4, -0.2) is 24.5 Å². The van der Waals surface area contributed by atoms with Gasteiger partial charge in [0.05, 0.1) is 0 Å². The van der Waals surface area contributed by atoms with E-state index < -0.39 is 0 Å². The fraction of sp³-hybridized carbons (Fsp3) is 0.923. The highest BCUT2D eigenvalue weighted by molar-refractivity contribution is 5.76. The number of carbonyl (C=O) groups excluding carboxylic acids is 1. The van der Waals surface area contributed by atoms with Gasteiger partial charge in [0.1, 0.15) is 0 Å². The van der Waals surface area contributed by atoms with Gasteiger partial charge in [-0.3, -0.25) is 4.79 Å². The summed E-state index contributed by atoms with van der Waals surface area (Å²) in [6.45, 7) is 7.12. The maximum Gasteiger partial charge on any atom is 0.221 e. The zero-order valence-electron chi connectivity index (χ0n) is 10.9. The summed E-state index contributed by atoms with van der Waals surface area (Å²) in [7, 11) is 0. The summed E-state index contributed by atoms with van der Waals surface area (Å²) < 4.78 is 0. The molecule has 0 radical (unpaired) electrons. The Morgan fingerprint density at radius 1 is 1.38 bits per heavy atom. The van der Waals surface area contributed by atoms with E-state index in [-0.39, 0.29) is 11.9 Å². The van der Waals surface area contributed by atoms with Crippen LogP contribution in [0.25, 0.3) is 0 Å². The van der Waals surface area contributed by atoms with Crippen molar-refractivity contribution in [3.05, 3.63) is 0 Å². The summed E-state index contributed by atoms with van der Waals surface area (Å²) >= 11 is 0. The molecule has 2 N–H and O–H groups in total. The van der Waals surface area contributed by atoms with Crippen molar-refractivity contribution in [1.29, 1.82) is 0 Å². The third-order valence-corrected chi connectivity index (χ3v) is 3.17. The van der Waals surface area contributed by atoms with Crippen molar-refractivity contribution in [2.75, 3.05) is 6.54 Å². The molecule has 1 rings (SSSR count). The first kappa shape index (κ1) is 13.5. The van der Waals surface area contributed by atoms with Crippen molar-refractivity contribution in [2.45, 2.75) is 65.0 Å². The smallest absolute Gasteiger partial charge is 0.221 e. The molecule has 1 aliphatic rings. The van der Waals surface area contributed by atoms with Crippen molar-refractivity contribution in [2.24, 2.45) is 5.92 Å². The molecule has 94 valence electrons. The van der Waals surface area contributed by atoms with E-state index in [1.165, 1.54) is 25.7 Å². The van der Waals surface area contributed by atoms with Gasteiger partial charge in [0.25, 0.3) is 0 Å². The van der Waals surface area contributed by atoms with E-state index in [1.54, 1.807) is 0 Å². The molecule has 0 heterocycles. The molecule has 0 spiro atoms. The highest BCUT2D eigenvalue weighted by atomic mass is 16.1. The second-order valence-corrected chi connectivity index (χ2v) is 5.40. The molecule has 0 aromatic rings. The van der Waals surface area contributed by atoms with Crippen LogP contribution >= 0.6 is 0 Å². The topological polar surface area (TPSA) is 41.1 Å². The predicted molar refractivity (Wildman–Crippen MR) is 67.3 cm³/mol. The van der Waals surface area contributed by atoms with Gasteiger partial charge >= 0.3 is 0 Å². The molecular formula is C13H26N2O. The Hall–Kier alpha value is -0.570. The standard InChI is InChI=1S/C13H26N2O/c1-10(2)15-13(16)7-8-14-12-6-4-5-11(3)9-12/h10-12,14H,4-9H2,1-3H3,(H,15,16). The summed E-state index contributed by atoms with van der Waals surface area (Å²) in [4.78, 5) is 11.4. The van der Waals surface area contributed by atoms with Gasteiger partial charge in [-0.05, 0) is 32.6 Å². The monoisotopic (exact) mass is 226 g/mol. The molecule has 0 aliphatic heterocycles. The van der Waals surface area contributed by atoms with Crippen molar-refractivity contribution in [1.82, 2.24) is 10.6 Å². The van der Waals surface area contributed by atoms with E-state index in [1.807, 2.05) is 13.8 Å². The molecule has 2 unspecified atom stereocenters. The molecule has 0 aromatic carbocycles. The lowest BCUT2D eigenvalue weighted by Gasteiger charge is -2.27. The Bertz CT molecular complexity index is 216. The molecule has 1 saturated carbocycles. The highest BCUT2D eigenvalue weighted by Crippen LogP contribution is 2.23. The minimum atomic E-state index is 0.159. The summed E-state index contributed by atoms with van der Waals surface area (Å²) in [6, 6.07) is 0.887. The Morgan fingerprint density at radius 2 is 2.12 bits per heavy atom. The summed E-state index contributed by atoms with van der Waals surface area (Å²) in [6.07, 6.45) is 5.84. The fourth-order valence-corrected chi connectivity index (χ4v) is 2.40. The summed E-state index contributed by atoms with van der Waals surface area (Å²) in [5.74, 6) is 1.00. The molecule has 0 saturated heterocycles. The SMILES string of the molecule is CC1CCCC(NCCC(=O)NC(C)C)C1. The molecule has 1 amide bonds. The lowest BCUT2D eigenvalue weighted by atomic mass is 9.87. The van der Waals surface area contributed by atoms with Crippen molar-refractivity contribution in [3.63, 3.8) is 0 Å². The van der Waals surface area contributed by atoms with Gasteiger partial charge < -0.3 is 10.6 Å². The molecule has 0 aromatic heterocycles. The van der Waals surface area contributed by atoms with E-state index in [4.69, 9.17) is 0 Å². The number of hydrogen-bond donors (Lipinski definition) is 2. The van der Waals surface area contributed by atoms with Gasteiger partial charge in [-0.2, -0.15) is 0 Å². The van der Waals surface area contributed by atoms with Crippen molar-refractivity contribution < 1.29 is 4.79 Å². The number of rotatable bonds is 5. The first-order valence-electron chi connectivity index (χ1n) is 6.60. The average Bonchev–Trinajstić information content (AvgIpc) is 2.16. The third kappa shape index (κ3) is 5.50. The molecule has 1 fully saturated rings. The molecule has 3 nitrogen and oxygen atoms in total. The first-order chi connectivity index (χ1) is 7.58. The molecular weight excluding hydrogens is 200 g/mol. The predicted octanol–water partition coefficient (Wildman–Crippen LogP) is 2.07. The Kier molecular flexibility index (Phi) is 5.81. The lowest BCUT2D eigenvalue weighted by molar-refractivity contribution is -0.121. The van der Waals surface area contributed by atoms with Crippen LogP contribution in [0.1, 0.15) is 52.9 Å². The Labute approximate surface area is 99.4 Å². The maximum absolute atomic E-state index is 11.4. The minimum Gasteiger partial charge on any atom is -0.354 e. The van der Waals surface area contributed by atoms with Crippen LogP contribution in [0.2, 0.25) is 0 Å². The van der Waals surface area contributed by atoms with Gasteiger partial charge in [0, 0.05) is 25.0 Å². The van der Waals surface area contributed by atoms with Crippen LogP contribution < -0.4 is 10.6 Å². The summed E-state index contributed by atoms with van der Waals surface area (Å²) in [5, 5.41) is 6.41. The van der Waals surface area contributed by atoms with E-state index in [0.717, 1.165) is 12.5 Å². The second-order valence-electron chi connectivity index (χ2n) is 5.40. The lowest BCUT2D eigenvalue weighted by Crippen LogP contribution is -2.37. The van der Waals surface area contributed by atoms with E-state index in [2.05, 4.69) is 17.6 Å². The summed E-state index contributed by atoms with van der Waals surface area (Å²) in [5.41, 5.74) is 0. The number of nitrogens with one attached hydrogen (secondary N) is 2. The molecule has 16 heavy (non-hydrogen) atoms. The molecule has 2 atom stereocenters. The second kappa shape index (κ2) is 6.89. The highest BCUT2D eigenvalue weighted by Gasteiger charge is 2.18. The largest absolute Gasteiger partial charge is 0.354 e. The fourth-order valence-electron chi connectivity index (χ4n) is 2.40. The van der Waals surface area contributed by atoms with Gasteiger partial charge in [-0.1, -0.05) is 19.8 Å². The van der Waals surface area contributed by atoms with Crippen molar-refractivity contribution >= 4 is 5.91 Å². The van der Waals surface area contributed by atoms with Crippen LogP contribution in [0.15, 0.2) is 0 Å². The van der Waals surface area contributed by atoms with Crippen molar-refractivity contribution in [3.8, 4) is 0 Å². The quantitative estimate of drug-likeness (QED) is 0.753. The van der Waals surface area contributed by atoms with E-state index in [0.29, 0.717) is 12.5 Å². The zero-order valence-corrected chi connectivity index (χ0v) is 10.9. The normalized spacial score (nSPS) is 25.8. The van der Waals surface area contributed by atoms with Crippen LogP contribution in [0, 0.1) is 5.92 Å². The van der Waals surface area contributed by atoms with Gasteiger partial charge in [0.2, 0.25) is 5.91 Å². The van der Waals surface area contributed by atoms with E-state index in [9.17, 15) is 4.79 Å². The van der Waals surface area contributed by atoms with E-state index >= 15 is 0 Å². The zero-order chi connectivity index (χ0) is 12.0. The molecule has 0 bridgehead atoms. The number of hydrogen-bond acceptors (Lipinski definition) is 2. The van der Waals surface area contributed by atoms with Crippen LogP contribution in [-0.2, 0) is 4.79 Å². The average molecular weight is 226 g/mol. The number of amides is 1. The molecule has 3 heteroatoms. The minimum absolute atomic E-state index is 0.159. The Morgan fingerprint density at radius 3 is 2.75 bits per heavy atom.